The molecule has 0 spiro atoms. The number of methoxy groups -OCH3 is 1. The molecule has 2 heteroatoms. The summed E-state index contributed by atoms with van der Waals surface area (Å²) in [5, 5.41) is 2.38. The van der Waals surface area contributed by atoms with Crippen LogP contribution < -0.4 is 4.74 Å². The molecule has 2 aromatic carbocycles. The van der Waals surface area contributed by atoms with Gasteiger partial charge in [0.2, 0.25) is 0 Å². The predicted octanol–water partition coefficient (Wildman–Crippen LogP) is 3.26. The van der Waals surface area contributed by atoms with Gasteiger partial charge in [0.25, 0.3) is 0 Å². The van der Waals surface area contributed by atoms with Crippen LogP contribution in [-0.4, -0.2) is 20.3 Å². The predicted molar refractivity (Wildman–Crippen MR) is 65.9 cm³/mol. The summed E-state index contributed by atoms with van der Waals surface area (Å²) in [6, 6.07) is 14.4. The summed E-state index contributed by atoms with van der Waals surface area (Å²) in [6.07, 6.45) is 0.916. The Bertz CT molecular complexity index is 446. The van der Waals surface area contributed by atoms with E-state index in [4.69, 9.17) is 9.47 Å². The molecule has 2 nitrogen and oxygen atoms in total. The van der Waals surface area contributed by atoms with Crippen LogP contribution in [0, 0.1) is 0 Å². The van der Waals surface area contributed by atoms with Gasteiger partial charge in [-0.1, -0.05) is 36.4 Å². The van der Waals surface area contributed by atoms with Crippen LogP contribution in [0.3, 0.4) is 0 Å². The van der Waals surface area contributed by atoms with E-state index in [1.54, 1.807) is 7.11 Å². The van der Waals surface area contributed by atoms with Gasteiger partial charge >= 0.3 is 0 Å². The molecule has 0 unspecified atom stereocenters. The van der Waals surface area contributed by atoms with Crippen molar-refractivity contribution in [1.29, 1.82) is 0 Å². The molecule has 2 rings (SSSR count). The number of benzene rings is 2. The highest BCUT2D eigenvalue weighted by Gasteiger charge is 2.00. The van der Waals surface area contributed by atoms with Gasteiger partial charge in [0.1, 0.15) is 5.75 Å². The van der Waals surface area contributed by atoms with Crippen LogP contribution in [0.1, 0.15) is 6.42 Å². The lowest BCUT2D eigenvalue weighted by atomic mass is 10.1. The van der Waals surface area contributed by atoms with Crippen LogP contribution in [0.4, 0.5) is 0 Å². The summed E-state index contributed by atoms with van der Waals surface area (Å²) in [5.41, 5.74) is 0. The second-order valence-corrected chi connectivity index (χ2v) is 3.67. The zero-order chi connectivity index (χ0) is 11.2. The molecule has 0 radical (unpaired) electrons. The lowest BCUT2D eigenvalue weighted by molar-refractivity contribution is 0.172. The molecule has 0 atom stereocenters. The van der Waals surface area contributed by atoms with Gasteiger partial charge in [0.05, 0.1) is 6.61 Å². The molecule has 0 aliphatic carbocycles. The minimum atomic E-state index is 0.696. The van der Waals surface area contributed by atoms with E-state index in [0.29, 0.717) is 6.61 Å². The van der Waals surface area contributed by atoms with Crippen LogP contribution >= 0.6 is 0 Å². The first kappa shape index (κ1) is 11.0. The van der Waals surface area contributed by atoms with Crippen molar-refractivity contribution in [3.63, 3.8) is 0 Å². The lowest BCUT2D eigenvalue weighted by Gasteiger charge is -2.08. The molecule has 0 fully saturated rings. The molecule has 0 heterocycles. The number of rotatable bonds is 5. The number of ether oxygens (including phenoxy) is 2. The van der Waals surface area contributed by atoms with E-state index >= 15 is 0 Å². The summed E-state index contributed by atoms with van der Waals surface area (Å²) >= 11 is 0. The first-order chi connectivity index (χ1) is 7.92. The Labute approximate surface area is 95.8 Å². The fourth-order valence-electron chi connectivity index (χ4n) is 1.71. The highest BCUT2D eigenvalue weighted by atomic mass is 16.5. The maximum atomic E-state index is 5.74. The van der Waals surface area contributed by atoms with Crippen molar-refractivity contribution in [2.24, 2.45) is 0 Å². The lowest BCUT2D eigenvalue weighted by Crippen LogP contribution is -2.01. The normalized spacial score (nSPS) is 10.6. The van der Waals surface area contributed by atoms with Crippen molar-refractivity contribution in [2.45, 2.75) is 6.42 Å². The maximum Gasteiger partial charge on any atom is 0.127 e. The first-order valence-corrected chi connectivity index (χ1v) is 5.51. The summed E-state index contributed by atoms with van der Waals surface area (Å²) < 4.78 is 10.7. The van der Waals surface area contributed by atoms with Crippen molar-refractivity contribution in [3.8, 4) is 5.75 Å². The first-order valence-electron chi connectivity index (χ1n) is 5.51. The third-order valence-electron chi connectivity index (χ3n) is 2.50. The highest BCUT2D eigenvalue weighted by molar-refractivity contribution is 5.88. The molecule has 0 aliphatic rings. The average Bonchev–Trinajstić information content (AvgIpc) is 2.35. The molecule has 0 amide bonds. The van der Waals surface area contributed by atoms with Gasteiger partial charge in [-0.3, -0.25) is 0 Å². The van der Waals surface area contributed by atoms with Crippen LogP contribution in [0.5, 0.6) is 5.75 Å². The Morgan fingerprint density at radius 1 is 0.938 bits per heavy atom. The Morgan fingerprint density at radius 3 is 2.62 bits per heavy atom. The van der Waals surface area contributed by atoms with Crippen molar-refractivity contribution < 1.29 is 9.47 Å². The standard InChI is InChI=1S/C14H16O2/c1-15-10-5-11-16-14-9-4-7-12-6-2-3-8-13(12)14/h2-4,6-9H,5,10-11H2,1H3. The van der Waals surface area contributed by atoms with Crippen LogP contribution in [0.2, 0.25) is 0 Å². The van der Waals surface area contributed by atoms with Crippen molar-refractivity contribution in [1.82, 2.24) is 0 Å². The molecule has 0 N–H and O–H groups in total. The van der Waals surface area contributed by atoms with E-state index in [-0.39, 0.29) is 0 Å². The Hall–Kier alpha value is -1.54. The van der Waals surface area contributed by atoms with Gasteiger partial charge in [-0.15, -0.1) is 0 Å². The quantitative estimate of drug-likeness (QED) is 0.714. The zero-order valence-electron chi connectivity index (χ0n) is 9.48. The van der Waals surface area contributed by atoms with Crippen LogP contribution in [0.15, 0.2) is 42.5 Å². The van der Waals surface area contributed by atoms with E-state index in [1.807, 2.05) is 24.3 Å². The molecular weight excluding hydrogens is 200 g/mol. The fraction of sp³-hybridized carbons (Fsp3) is 0.286. The van der Waals surface area contributed by atoms with E-state index < -0.39 is 0 Å². The maximum absolute atomic E-state index is 5.74. The molecule has 0 saturated carbocycles. The highest BCUT2D eigenvalue weighted by Crippen LogP contribution is 2.25. The van der Waals surface area contributed by atoms with Gasteiger partial charge in [-0.05, 0) is 11.5 Å². The van der Waals surface area contributed by atoms with Gasteiger partial charge in [0.15, 0.2) is 0 Å². The Kier molecular flexibility index (Phi) is 3.78. The SMILES string of the molecule is COCCCOc1cccc2ccccc12. The fourth-order valence-corrected chi connectivity index (χ4v) is 1.71. The third kappa shape index (κ3) is 2.52. The minimum absolute atomic E-state index is 0.696. The molecule has 84 valence electrons. The van der Waals surface area contributed by atoms with Crippen molar-refractivity contribution in [2.75, 3.05) is 20.3 Å². The summed E-state index contributed by atoms with van der Waals surface area (Å²) in [5.74, 6) is 0.953. The largest absolute Gasteiger partial charge is 0.493 e. The smallest absolute Gasteiger partial charge is 0.127 e. The van der Waals surface area contributed by atoms with Gasteiger partial charge < -0.3 is 9.47 Å². The van der Waals surface area contributed by atoms with Crippen molar-refractivity contribution >= 4 is 10.8 Å². The van der Waals surface area contributed by atoms with Crippen LogP contribution in [0.25, 0.3) is 10.8 Å². The number of hydrogen-bond acceptors (Lipinski definition) is 2. The second-order valence-electron chi connectivity index (χ2n) is 3.67. The molecule has 0 saturated heterocycles. The monoisotopic (exact) mass is 216 g/mol. The van der Waals surface area contributed by atoms with Gasteiger partial charge in [-0.25, -0.2) is 0 Å². The van der Waals surface area contributed by atoms with Gasteiger partial charge in [-0.2, -0.15) is 0 Å². The van der Waals surface area contributed by atoms with E-state index in [9.17, 15) is 0 Å². The summed E-state index contributed by atoms with van der Waals surface area (Å²) in [7, 11) is 1.71. The van der Waals surface area contributed by atoms with Crippen molar-refractivity contribution in [3.05, 3.63) is 42.5 Å². The summed E-state index contributed by atoms with van der Waals surface area (Å²) in [4.78, 5) is 0. The number of hydrogen-bond donors (Lipinski definition) is 0. The van der Waals surface area contributed by atoms with Gasteiger partial charge in [0, 0.05) is 25.5 Å². The molecule has 16 heavy (non-hydrogen) atoms. The zero-order valence-corrected chi connectivity index (χ0v) is 9.48. The average molecular weight is 216 g/mol. The number of fused-ring (bicyclic) bond motifs is 1. The second kappa shape index (κ2) is 5.52. The molecule has 0 aromatic heterocycles. The minimum Gasteiger partial charge on any atom is -0.493 e. The molecular formula is C14H16O2. The van der Waals surface area contributed by atoms with E-state index in [2.05, 4.69) is 18.2 Å². The third-order valence-corrected chi connectivity index (χ3v) is 2.50. The topological polar surface area (TPSA) is 18.5 Å². The van der Waals surface area contributed by atoms with E-state index in [0.717, 1.165) is 18.8 Å². The van der Waals surface area contributed by atoms with E-state index in [1.165, 1.54) is 10.8 Å². The molecule has 2 aromatic rings. The Morgan fingerprint density at radius 2 is 1.75 bits per heavy atom. The van der Waals surface area contributed by atoms with Crippen LogP contribution in [-0.2, 0) is 4.74 Å². The summed E-state index contributed by atoms with van der Waals surface area (Å²) in [6.45, 7) is 1.44. The molecule has 0 bridgehead atoms. The molecule has 0 aliphatic heterocycles. The Balaban J connectivity index is 2.11.